The van der Waals surface area contributed by atoms with Gasteiger partial charge in [-0.15, -0.1) is 17.9 Å². The first-order valence-electron chi connectivity index (χ1n) is 4.37. The van der Waals surface area contributed by atoms with Crippen LogP contribution >= 0.6 is 22.9 Å². The maximum absolute atomic E-state index is 5.87. The minimum absolute atomic E-state index is 0.375. The quantitative estimate of drug-likeness (QED) is 0.740. The van der Waals surface area contributed by atoms with Crippen molar-refractivity contribution in [1.82, 2.24) is 5.32 Å². The number of rotatable bonds is 5. The van der Waals surface area contributed by atoms with Gasteiger partial charge in [0.1, 0.15) is 0 Å². The molecule has 3 heteroatoms. The maximum atomic E-state index is 5.87. The SMILES string of the molecule is C=CCC(NCC)c1ccc(Cl)s1. The van der Waals surface area contributed by atoms with Gasteiger partial charge in [0.2, 0.25) is 0 Å². The molecule has 0 saturated carbocycles. The van der Waals surface area contributed by atoms with Crippen LogP contribution < -0.4 is 5.32 Å². The number of nitrogens with one attached hydrogen (secondary N) is 1. The van der Waals surface area contributed by atoms with Gasteiger partial charge in [-0.25, -0.2) is 0 Å². The molecule has 0 aliphatic heterocycles. The Morgan fingerprint density at radius 3 is 2.92 bits per heavy atom. The molecule has 0 fully saturated rings. The lowest BCUT2D eigenvalue weighted by atomic mass is 10.1. The van der Waals surface area contributed by atoms with Crippen LogP contribution in [-0.4, -0.2) is 6.54 Å². The summed E-state index contributed by atoms with van der Waals surface area (Å²) in [6, 6.07) is 4.39. The molecular formula is C10H14ClNS. The van der Waals surface area contributed by atoms with E-state index in [1.165, 1.54) is 4.88 Å². The van der Waals surface area contributed by atoms with Crippen LogP contribution in [0.5, 0.6) is 0 Å². The lowest BCUT2D eigenvalue weighted by molar-refractivity contribution is 0.567. The van der Waals surface area contributed by atoms with E-state index in [0.29, 0.717) is 6.04 Å². The zero-order valence-corrected chi connectivity index (χ0v) is 9.29. The molecule has 1 nitrogen and oxygen atoms in total. The van der Waals surface area contributed by atoms with Crippen molar-refractivity contribution in [2.75, 3.05) is 6.54 Å². The molecule has 1 atom stereocenters. The summed E-state index contributed by atoms with van der Waals surface area (Å²) in [5.41, 5.74) is 0. The van der Waals surface area contributed by atoms with Gasteiger partial charge >= 0.3 is 0 Å². The highest BCUT2D eigenvalue weighted by molar-refractivity contribution is 7.16. The lowest BCUT2D eigenvalue weighted by Crippen LogP contribution is -2.19. The van der Waals surface area contributed by atoms with Crippen LogP contribution in [0.1, 0.15) is 24.3 Å². The van der Waals surface area contributed by atoms with E-state index in [9.17, 15) is 0 Å². The predicted molar refractivity (Wildman–Crippen MR) is 60.6 cm³/mol. The Balaban J connectivity index is 2.68. The first-order valence-corrected chi connectivity index (χ1v) is 5.57. The molecule has 1 aromatic rings. The van der Waals surface area contributed by atoms with Crippen LogP contribution in [0.25, 0.3) is 0 Å². The molecule has 0 bridgehead atoms. The molecule has 1 unspecified atom stereocenters. The predicted octanol–water partition coefficient (Wildman–Crippen LogP) is 3.63. The van der Waals surface area contributed by atoms with Crippen LogP contribution in [0.3, 0.4) is 0 Å². The van der Waals surface area contributed by atoms with Gasteiger partial charge in [0.05, 0.1) is 4.34 Å². The van der Waals surface area contributed by atoms with E-state index in [1.54, 1.807) is 11.3 Å². The molecule has 1 heterocycles. The van der Waals surface area contributed by atoms with Gasteiger partial charge < -0.3 is 5.32 Å². The third kappa shape index (κ3) is 3.14. The summed E-state index contributed by atoms with van der Waals surface area (Å²) in [4.78, 5) is 1.28. The van der Waals surface area contributed by atoms with E-state index in [-0.39, 0.29) is 0 Å². The third-order valence-corrected chi connectivity index (χ3v) is 3.14. The Kier molecular flexibility index (Phi) is 4.50. The van der Waals surface area contributed by atoms with Crippen LogP contribution in [-0.2, 0) is 0 Å². The molecular weight excluding hydrogens is 202 g/mol. The summed E-state index contributed by atoms with van der Waals surface area (Å²) in [5, 5.41) is 3.39. The molecule has 0 amide bonds. The third-order valence-electron chi connectivity index (χ3n) is 1.79. The lowest BCUT2D eigenvalue weighted by Gasteiger charge is -2.13. The topological polar surface area (TPSA) is 12.0 Å². The van der Waals surface area contributed by atoms with E-state index in [1.807, 2.05) is 12.1 Å². The van der Waals surface area contributed by atoms with Crippen molar-refractivity contribution in [3.05, 3.63) is 34.0 Å². The highest BCUT2D eigenvalue weighted by Crippen LogP contribution is 2.28. The molecule has 0 aliphatic carbocycles. The van der Waals surface area contributed by atoms with Gasteiger partial charge in [-0.05, 0) is 25.1 Å². The van der Waals surface area contributed by atoms with Gasteiger partial charge in [-0.2, -0.15) is 0 Å². The van der Waals surface area contributed by atoms with Crippen molar-refractivity contribution in [2.45, 2.75) is 19.4 Å². The average molecular weight is 216 g/mol. The van der Waals surface area contributed by atoms with Crippen molar-refractivity contribution in [1.29, 1.82) is 0 Å². The number of thiophene rings is 1. The summed E-state index contributed by atoms with van der Waals surface area (Å²) in [6.07, 6.45) is 2.88. The van der Waals surface area contributed by atoms with Gasteiger partial charge in [0, 0.05) is 10.9 Å². The Bertz CT molecular complexity index is 270. The van der Waals surface area contributed by atoms with Crippen molar-refractivity contribution >= 4 is 22.9 Å². The van der Waals surface area contributed by atoms with Crippen LogP contribution in [0, 0.1) is 0 Å². The zero-order valence-electron chi connectivity index (χ0n) is 7.72. The van der Waals surface area contributed by atoms with Gasteiger partial charge in [-0.3, -0.25) is 0 Å². The van der Waals surface area contributed by atoms with E-state index in [4.69, 9.17) is 11.6 Å². The molecule has 72 valence electrons. The molecule has 0 spiro atoms. The standard InChI is InChI=1S/C10H14ClNS/c1-3-5-8(12-4-2)9-6-7-10(11)13-9/h3,6-8,12H,1,4-5H2,2H3. The fourth-order valence-corrected chi connectivity index (χ4v) is 2.38. The van der Waals surface area contributed by atoms with Crippen LogP contribution in [0.2, 0.25) is 4.34 Å². The first-order chi connectivity index (χ1) is 6.27. The highest BCUT2D eigenvalue weighted by atomic mass is 35.5. The molecule has 0 radical (unpaired) electrons. The minimum atomic E-state index is 0.375. The van der Waals surface area contributed by atoms with Crippen molar-refractivity contribution < 1.29 is 0 Å². The molecule has 0 saturated heterocycles. The van der Waals surface area contributed by atoms with E-state index in [2.05, 4.69) is 24.9 Å². The Labute approximate surface area is 88.4 Å². The first kappa shape index (κ1) is 10.8. The van der Waals surface area contributed by atoms with Crippen molar-refractivity contribution in [2.24, 2.45) is 0 Å². The molecule has 1 aromatic heterocycles. The van der Waals surface area contributed by atoms with Crippen LogP contribution in [0.4, 0.5) is 0 Å². The second kappa shape index (κ2) is 5.43. The number of hydrogen-bond acceptors (Lipinski definition) is 2. The van der Waals surface area contributed by atoms with E-state index in [0.717, 1.165) is 17.3 Å². The van der Waals surface area contributed by atoms with E-state index < -0.39 is 0 Å². The number of halogens is 1. The average Bonchev–Trinajstić information content (AvgIpc) is 2.51. The van der Waals surface area contributed by atoms with Crippen molar-refractivity contribution in [3.63, 3.8) is 0 Å². The molecule has 13 heavy (non-hydrogen) atoms. The molecule has 0 aromatic carbocycles. The van der Waals surface area contributed by atoms with Crippen LogP contribution in [0.15, 0.2) is 24.8 Å². The van der Waals surface area contributed by atoms with Gasteiger partial charge in [0.25, 0.3) is 0 Å². The summed E-state index contributed by atoms with van der Waals surface area (Å²) in [7, 11) is 0. The van der Waals surface area contributed by atoms with E-state index >= 15 is 0 Å². The molecule has 0 aliphatic rings. The monoisotopic (exact) mass is 215 g/mol. The van der Waals surface area contributed by atoms with Gasteiger partial charge in [0.15, 0.2) is 0 Å². The summed E-state index contributed by atoms with van der Waals surface area (Å²) < 4.78 is 0.849. The second-order valence-electron chi connectivity index (χ2n) is 2.78. The Morgan fingerprint density at radius 1 is 1.69 bits per heavy atom. The fourth-order valence-electron chi connectivity index (χ4n) is 1.23. The Morgan fingerprint density at radius 2 is 2.46 bits per heavy atom. The maximum Gasteiger partial charge on any atom is 0.0931 e. The smallest absolute Gasteiger partial charge is 0.0931 e. The number of hydrogen-bond donors (Lipinski definition) is 1. The molecule has 1 rings (SSSR count). The normalized spacial score (nSPS) is 12.8. The molecule has 1 N–H and O–H groups in total. The zero-order chi connectivity index (χ0) is 9.68. The fraction of sp³-hybridized carbons (Fsp3) is 0.400. The Hall–Kier alpha value is -0.310. The summed E-state index contributed by atoms with van der Waals surface area (Å²) >= 11 is 7.50. The highest BCUT2D eigenvalue weighted by Gasteiger charge is 2.10. The minimum Gasteiger partial charge on any atom is -0.309 e. The summed E-state index contributed by atoms with van der Waals surface area (Å²) in [5.74, 6) is 0. The largest absolute Gasteiger partial charge is 0.309 e. The van der Waals surface area contributed by atoms with Gasteiger partial charge in [-0.1, -0.05) is 24.6 Å². The van der Waals surface area contributed by atoms with Crippen molar-refractivity contribution in [3.8, 4) is 0 Å². The second-order valence-corrected chi connectivity index (χ2v) is 4.52. The summed E-state index contributed by atoms with van der Waals surface area (Å²) in [6.45, 7) is 6.82.